The summed E-state index contributed by atoms with van der Waals surface area (Å²) in [7, 11) is 2.02. The van der Waals surface area contributed by atoms with E-state index in [1.54, 1.807) is 0 Å². The fraction of sp³-hybridized carbons (Fsp3) is 0.533. The summed E-state index contributed by atoms with van der Waals surface area (Å²) >= 11 is 0. The van der Waals surface area contributed by atoms with Crippen molar-refractivity contribution in [3.8, 4) is 0 Å². The minimum atomic E-state index is 0.0580. The average Bonchev–Trinajstić information content (AvgIpc) is 2.40. The zero-order valence-corrected chi connectivity index (χ0v) is 11.6. The van der Waals surface area contributed by atoms with Crippen LogP contribution in [0.1, 0.15) is 12.8 Å². The van der Waals surface area contributed by atoms with E-state index in [0.717, 1.165) is 31.2 Å². The number of hydrogen-bond acceptors (Lipinski definition) is 3. The molecule has 0 radical (unpaired) electrons. The Morgan fingerprint density at radius 1 is 1.32 bits per heavy atom. The van der Waals surface area contributed by atoms with E-state index in [0.29, 0.717) is 6.54 Å². The predicted molar refractivity (Wildman–Crippen MR) is 78.2 cm³/mol. The lowest BCUT2D eigenvalue weighted by Gasteiger charge is -2.27. The number of hydrogen-bond donors (Lipinski definition) is 2. The van der Waals surface area contributed by atoms with Gasteiger partial charge < -0.3 is 10.6 Å². The van der Waals surface area contributed by atoms with Gasteiger partial charge in [0.1, 0.15) is 0 Å². The van der Waals surface area contributed by atoms with Gasteiger partial charge in [-0.2, -0.15) is 0 Å². The van der Waals surface area contributed by atoms with Gasteiger partial charge >= 0.3 is 0 Å². The number of rotatable bonds is 5. The molecule has 19 heavy (non-hydrogen) atoms. The summed E-state index contributed by atoms with van der Waals surface area (Å²) in [6.07, 6.45) is 2.43. The molecule has 1 aliphatic heterocycles. The van der Waals surface area contributed by atoms with Crippen LogP contribution in [0.4, 0.5) is 5.69 Å². The molecule has 0 atom stereocenters. The summed E-state index contributed by atoms with van der Waals surface area (Å²) in [5.74, 6) is 0.776. The van der Waals surface area contributed by atoms with Gasteiger partial charge in [-0.05, 0) is 51.0 Å². The number of likely N-dealkylation sites (N-methyl/N-ethyl adjacent to an activating group) is 1. The Hall–Kier alpha value is -1.39. The molecule has 0 aliphatic carbocycles. The molecule has 0 spiro atoms. The Morgan fingerprint density at radius 3 is 2.68 bits per heavy atom. The molecule has 1 aromatic rings. The molecule has 2 rings (SSSR count). The molecule has 1 heterocycles. The van der Waals surface area contributed by atoms with Crippen molar-refractivity contribution >= 4 is 11.6 Å². The van der Waals surface area contributed by atoms with Crippen LogP contribution in [-0.4, -0.2) is 44.0 Å². The number of amides is 1. The van der Waals surface area contributed by atoms with E-state index < -0.39 is 0 Å². The van der Waals surface area contributed by atoms with Gasteiger partial charge in [0.15, 0.2) is 0 Å². The van der Waals surface area contributed by atoms with Crippen molar-refractivity contribution < 1.29 is 4.79 Å². The number of carbonyl (C=O) groups is 1. The van der Waals surface area contributed by atoms with E-state index >= 15 is 0 Å². The van der Waals surface area contributed by atoms with Crippen molar-refractivity contribution in [1.82, 2.24) is 10.2 Å². The smallest absolute Gasteiger partial charge is 0.238 e. The van der Waals surface area contributed by atoms with E-state index in [2.05, 4.69) is 15.5 Å². The first-order valence-electron chi connectivity index (χ1n) is 6.98. The van der Waals surface area contributed by atoms with Crippen molar-refractivity contribution in [2.75, 3.05) is 38.5 Å². The zero-order chi connectivity index (χ0) is 13.5. The molecule has 1 amide bonds. The lowest BCUT2D eigenvalue weighted by Crippen LogP contribution is -2.37. The summed E-state index contributed by atoms with van der Waals surface area (Å²) in [5, 5.41) is 6.28. The standard InChI is InChI=1S/C15H23N3O/c1-18(11-13-7-9-16-10-8-13)12-15(19)17-14-5-3-2-4-6-14/h2-6,13,16H,7-12H2,1H3,(H,17,19). The molecule has 1 aliphatic rings. The van der Waals surface area contributed by atoms with Crippen LogP contribution in [-0.2, 0) is 4.79 Å². The van der Waals surface area contributed by atoms with Gasteiger partial charge in [-0.3, -0.25) is 9.69 Å². The quantitative estimate of drug-likeness (QED) is 0.845. The Bertz CT molecular complexity index is 388. The molecule has 0 bridgehead atoms. The van der Waals surface area contributed by atoms with Crippen molar-refractivity contribution in [3.05, 3.63) is 30.3 Å². The Labute approximate surface area is 115 Å². The van der Waals surface area contributed by atoms with Gasteiger partial charge in [0.2, 0.25) is 5.91 Å². The average molecular weight is 261 g/mol. The normalized spacial score (nSPS) is 16.5. The number of piperidine rings is 1. The van der Waals surface area contributed by atoms with E-state index in [9.17, 15) is 4.79 Å². The number of anilines is 1. The second kappa shape index (κ2) is 7.26. The van der Waals surface area contributed by atoms with Gasteiger partial charge in [-0.1, -0.05) is 18.2 Å². The first-order chi connectivity index (χ1) is 9.24. The minimum absolute atomic E-state index is 0.0580. The van der Waals surface area contributed by atoms with E-state index in [-0.39, 0.29) is 5.91 Å². The van der Waals surface area contributed by atoms with Crippen LogP contribution in [0.25, 0.3) is 0 Å². The topological polar surface area (TPSA) is 44.4 Å². The van der Waals surface area contributed by atoms with Crippen molar-refractivity contribution in [3.63, 3.8) is 0 Å². The molecule has 0 unspecified atom stereocenters. The monoisotopic (exact) mass is 261 g/mol. The number of benzene rings is 1. The van der Waals surface area contributed by atoms with Crippen LogP contribution >= 0.6 is 0 Å². The second-order valence-electron chi connectivity index (χ2n) is 5.30. The predicted octanol–water partition coefficient (Wildman–Crippen LogP) is 1.56. The third-order valence-corrected chi connectivity index (χ3v) is 3.50. The van der Waals surface area contributed by atoms with Crippen molar-refractivity contribution in [1.29, 1.82) is 0 Å². The van der Waals surface area contributed by atoms with E-state index in [1.165, 1.54) is 12.8 Å². The van der Waals surface area contributed by atoms with Crippen molar-refractivity contribution in [2.24, 2.45) is 5.92 Å². The van der Waals surface area contributed by atoms with E-state index in [1.807, 2.05) is 37.4 Å². The third-order valence-electron chi connectivity index (χ3n) is 3.50. The molecule has 4 nitrogen and oxygen atoms in total. The Morgan fingerprint density at radius 2 is 2.00 bits per heavy atom. The highest BCUT2D eigenvalue weighted by Crippen LogP contribution is 2.12. The second-order valence-corrected chi connectivity index (χ2v) is 5.30. The number of carbonyl (C=O) groups excluding carboxylic acids is 1. The first-order valence-corrected chi connectivity index (χ1v) is 6.98. The van der Waals surface area contributed by atoms with Crippen LogP contribution in [0.3, 0.4) is 0 Å². The van der Waals surface area contributed by atoms with Crippen LogP contribution in [0, 0.1) is 5.92 Å². The molecule has 104 valence electrons. The van der Waals surface area contributed by atoms with Gasteiger partial charge in [0, 0.05) is 12.2 Å². The van der Waals surface area contributed by atoms with Gasteiger partial charge in [0.05, 0.1) is 6.54 Å². The number of para-hydroxylation sites is 1. The lowest BCUT2D eigenvalue weighted by molar-refractivity contribution is -0.117. The lowest BCUT2D eigenvalue weighted by atomic mass is 9.98. The summed E-state index contributed by atoms with van der Waals surface area (Å²) < 4.78 is 0. The van der Waals surface area contributed by atoms with Crippen LogP contribution < -0.4 is 10.6 Å². The molecule has 2 N–H and O–H groups in total. The maximum Gasteiger partial charge on any atom is 0.238 e. The maximum atomic E-state index is 11.9. The summed E-state index contributed by atoms with van der Waals surface area (Å²) in [6, 6.07) is 9.61. The minimum Gasteiger partial charge on any atom is -0.325 e. The molecule has 1 fully saturated rings. The highest BCUT2D eigenvalue weighted by Gasteiger charge is 2.16. The van der Waals surface area contributed by atoms with Gasteiger partial charge in [-0.15, -0.1) is 0 Å². The van der Waals surface area contributed by atoms with Crippen molar-refractivity contribution in [2.45, 2.75) is 12.8 Å². The Kier molecular flexibility index (Phi) is 5.36. The summed E-state index contributed by atoms with van der Waals surface area (Å²) in [4.78, 5) is 14.0. The van der Waals surface area contributed by atoms with Gasteiger partial charge in [-0.25, -0.2) is 0 Å². The highest BCUT2D eigenvalue weighted by molar-refractivity contribution is 5.92. The number of nitrogens with zero attached hydrogens (tertiary/aromatic N) is 1. The molecule has 0 saturated carbocycles. The molecular formula is C15H23N3O. The maximum absolute atomic E-state index is 11.9. The molecule has 4 heteroatoms. The molecule has 1 saturated heterocycles. The SMILES string of the molecule is CN(CC(=O)Nc1ccccc1)CC1CCNCC1. The van der Waals surface area contributed by atoms with E-state index in [4.69, 9.17) is 0 Å². The summed E-state index contributed by atoms with van der Waals surface area (Å²) in [6.45, 7) is 3.67. The fourth-order valence-electron chi connectivity index (χ4n) is 2.54. The fourth-order valence-corrected chi connectivity index (χ4v) is 2.54. The molecule has 1 aromatic carbocycles. The van der Waals surface area contributed by atoms with Crippen LogP contribution in [0.2, 0.25) is 0 Å². The Balaban J connectivity index is 1.72. The molecular weight excluding hydrogens is 238 g/mol. The highest BCUT2D eigenvalue weighted by atomic mass is 16.2. The van der Waals surface area contributed by atoms with Crippen LogP contribution in [0.15, 0.2) is 30.3 Å². The zero-order valence-electron chi connectivity index (χ0n) is 11.6. The first kappa shape index (κ1) is 14.0. The summed E-state index contributed by atoms with van der Waals surface area (Å²) in [5.41, 5.74) is 0.864. The van der Waals surface area contributed by atoms with Gasteiger partial charge in [0.25, 0.3) is 0 Å². The molecule has 0 aromatic heterocycles. The largest absolute Gasteiger partial charge is 0.325 e. The van der Waals surface area contributed by atoms with Crippen LogP contribution in [0.5, 0.6) is 0 Å². The number of nitrogens with one attached hydrogen (secondary N) is 2. The third kappa shape index (κ3) is 5.01.